The van der Waals surface area contributed by atoms with Gasteiger partial charge in [0.25, 0.3) is 10.9 Å². The molecule has 2 heterocycles. The Morgan fingerprint density at radius 3 is 2.22 bits per heavy atom. The van der Waals surface area contributed by atoms with Crippen molar-refractivity contribution in [1.29, 1.82) is 0 Å². The number of aliphatic carboxylic acids is 2. The van der Waals surface area contributed by atoms with Crippen LogP contribution >= 0.6 is 0 Å². The first-order valence-corrected chi connectivity index (χ1v) is 16.9. The number of unbranched alkanes of at least 4 members (excludes halogenated alkanes) is 3. The summed E-state index contributed by atoms with van der Waals surface area (Å²) in [6.45, 7) is 4.68. The molecule has 2 aliphatic rings. The van der Waals surface area contributed by atoms with Crippen molar-refractivity contribution >= 4 is 39.0 Å². The van der Waals surface area contributed by atoms with Crippen LogP contribution in [-0.2, 0) is 29.2 Å². The molecular formula is C29H43N5O10S. The normalized spacial score (nSPS) is 16.2. The van der Waals surface area contributed by atoms with Gasteiger partial charge in [0.15, 0.2) is 0 Å². The van der Waals surface area contributed by atoms with Gasteiger partial charge in [-0.05, 0) is 37.8 Å². The fourth-order valence-electron chi connectivity index (χ4n) is 5.11. The highest BCUT2D eigenvalue weighted by atomic mass is 32.2. The third-order valence-corrected chi connectivity index (χ3v) is 9.31. The molecule has 16 heteroatoms. The van der Waals surface area contributed by atoms with Crippen LogP contribution in [0.4, 0.5) is 17.1 Å². The number of rotatable bonds is 16. The number of carboxylic acid groups (broad SMARTS) is 2. The fourth-order valence-corrected chi connectivity index (χ4v) is 6.76. The number of carbonyl (C=O) groups is 2. The van der Waals surface area contributed by atoms with Crippen LogP contribution in [0.2, 0.25) is 0 Å². The molecular weight excluding hydrogens is 610 g/mol. The number of carboxylic acids is 2. The number of nitrogens with zero attached hydrogens (tertiary/aromatic N) is 3. The van der Waals surface area contributed by atoms with E-state index in [1.807, 2.05) is 0 Å². The van der Waals surface area contributed by atoms with E-state index in [0.717, 1.165) is 64.5 Å². The average Bonchev–Trinajstić information content (AvgIpc) is 3.05. The monoisotopic (exact) mass is 653 g/mol. The molecule has 2 fully saturated rings. The lowest BCUT2D eigenvalue weighted by Gasteiger charge is -2.33. The maximum absolute atomic E-state index is 13.3. The smallest absolute Gasteiger partial charge is 0.414 e. The third-order valence-electron chi connectivity index (χ3n) is 7.55. The number of nitrogens with one attached hydrogen (secondary N) is 2. The van der Waals surface area contributed by atoms with E-state index in [1.165, 1.54) is 4.47 Å². The predicted molar refractivity (Wildman–Crippen MR) is 167 cm³/mol. The summed E-state index contributed by atoms with van der Waals surface area (Å²) in [4.78, 5) is 54.3. The van der Waals surface area contributed by atoms with Gasteiger partial charge in [0, 0.05) is 44.3 Å². The summed E-state index contributed by atoms with van der Waals surface area (Å²) in [6.07, 6.45) is 11.0. The van der Waals surface area contributed by atoms with Crippen LogP contribution in [-0.4, -0.2) is 103 Å². The van der Waals surface area contributed by atoms with Gasteiger partial charge in [-0.2, -0.15) is 0 Å². The summed E-state index contributed by atoms with van der Waals surface area (Å²) in [5.74, 6) is -3.59. The second-order valence-corrected chi connectivity index (χ2v) is 12.8. The first-order valence-electron chi connectivity index (χ1n) is 15.3. The third kappa shape index (κ3) is 11.8. The molecule has 1 aromatic heterocycles. The van der Waals surface area contributed by atoms with Crippen LogP contribution in [0.25, 0.3) is 0 Å². The van der Waals surface area contributed by atoms with Gasteiger partial charge in [0.1, 0.15) is 11.4 Å². The van der Waals surface area contributed by atoms with E-state index in [9.17, 15) is 18.0 Å². The minimum Gasteiger partial charge on any atom is -0.473 e. The molecule has 0 spiro atoms. The summed E-state index contributed by atoms with van der Waals surface area (Å²) in [5.41, 5.74) is 0.211. The van der Waals surface area contributed by atoms with Gasteiger partial charge >= 0.3 is 11.9 Å². The Morgan fingerprint density at radius 2 is 1.58 bits per heavy atom. The largest absolute Gasteiger partial charge is 0.473 e. The van der Waals surface area contributed by atoms with Crippen molar-refractivity contribution in [3.05, 3.63) is 45.0 Å². The van der Waals surface area contributed by atoms with Crippen LogP contribution < -0.4 is 21.5 Å². The lowest BCUT2D eigenvalue weighted by Crippen LogP contribution is -2.45. The molecule has 0 bridgehead atoms. The zero-order valence-electron chi connectivity index (χ0n) is 25.3. The second-order valence-electron chi connectivity index (χ2n) is 10.9. The quantitative estimate of drug-likeness (QED) is 0.116. The molecule has 1 aliphatic carbocycles. The van der Waals surface area contributed by atoms with Gasteiger partial charge < -0.3 is 25.6 Å². The first kappa shape index (κ1) is 36.0. The van der Waals surface area contributed by atoms with Gasteiger partial charge in [-0.1, -0.05) is 36.6 Å². The molecule has 0 atom stereocenters. The summed E-state index contributed by atoms with van der Waals surface area (Å²) in [5, 5.41) is 20.8. The lowest BCUT2D eigenvalue weighted by molar-refractivity contribution is -0.159. The van der Waals surface area contributed by atoms with Crippen molar-refractivity contribution in [2.75, 3.05) is 62.4 Å². The zero-order chi connectivity index (χ0) is 32.7. The molecule has 0 radical (unpaired) electrons. The molecule has 15 nitrogen and oxygen atoms in total. The minimum atomic E-state index is -3.53. The predicted octanol–water partition coefficient (Wildman–Crippen LogP) is 1.78. The van der Waals surface area contributed by atoms with Gasteiger partial charge in [-0.15, -0.1) is 0 Å². The van der Waals surface area contributed by atoms with E-state index in [-0.39, 0.29) is 17.5 Å². The lowest BCUT2D eigenvalue weighted by atomic mass is 9.96. The molecule has 0 unspecified atom stereocenters. The first-order chi connectivity index (χ1) is 21.6. The maximum atomic E-state index is 13.3. The standard InChI is InChI=1S/C27H41N5O6S.C2H2O4/c33-26-24(25(27(26)34)30-22-10-13-28-14-11-22)29-12-6-1-2-7-21-39(35,36)32(23-8-4-3-5-9-23)38-20-17-31-15-18-37-19-16-31;3-1(4)2(5)6/h10-11,13-14,23,29H,1-9,12,15-21H2,(H,28,30);(H,3,4)(H,5,6). The number of aromatic nitrogens is 1. The molecule has 1 saturated heterocycles. The molecule has 4 N–H and O–H groups in total. The fraction of sp³-hybridized carbons (Fsp3) is 0.621. The highest BCUT2D eigenvalue weighted by molar-refractivity contribution is 7.88. The number of sulfonamides is 1. The van der Waals surface area contributed by atoms with Crippen molar-refractivity contribution in [3.63, 3.8) is 0 Å². The Balaban J connectivity index is 0.000000838. The Hall–Kier alpha value is -3.44. The summed E-state index contributed by atoms with van der Waals surface area (Å²) >= 11 is 0. The van der Waals surface area contributed by atoms with E-state index >= 15 is 0 Å². The summed E-state index contributed by atoms with van der Waals surface area (Å²) in [7, 11) is -3.53. The number of anilines is 3. The van der Waals surface area contributed by atoms with Gasteiger partial charge in [0.2, 0.25) is 10.0 Å². The molecule has 1 aliphatic heterocycles. The maximum Gasteiger partial charge on any atom is 0.414 e. The van der Waals surface area contributed by atoms with E-state index in [0.29, 0.717) is 50.7 Å². The average molecular weight is 654 g/mol. The number of hydrogen-bond donors (Lipinski definition) is 4. The van der Waals surface area contributed by atoms with Crippen LogP contribution in [0, 0.1) is 0 Å². The number of pyridine rings is 1. The van der Waals surface area contributed by atoms with Crippen molar-refractivity contribution in [3.8, 4) is 0 Å². The number of morpholine rings is 1. The van der Waals surface area contributed by atoms with Gasteiger partial charge in [-0.25, -0.2) is 18.0 Å². The highest BCUT2D eigenvalue weighted by Gasteiger charge is 2.32. The van der Waals surface area contributed by atoms with E-state index in [2.05, 4.69) is 20.5 Å². The molecule has 250 valence electrons. The molecule has 45 heavy (non-hydrogen) atoms. The van der Waals surface area contributed by atoms with Crippen molar-refractivity contribution in [1.82, 2.24) is 14.4 Å². The molecule has 1 aromatic carbocycles. The number of hydroxylamine groups is 1. The van der Waals surface area contributed by atoms with Crippen LogP contribution in [0.15, 0.2) is 34.1 Å². The van der Waals surface area contributed by atoms with Crippen molar-refractivity contribution < 1.29 is 37.8 Å². The molecule has 4 rings (SSSR count). The van der Waals surface area contributed by atoms with Crippen LogP contribution in [0.1, 0.15) is 57.8 Å². The highest BCUT2D eigenvalue weighted by Crippen LogP contribution is 2.26. The Morgan fingerprint density at radius 1 is 0.956 bits per heavy atom. The molecule has 1 saturated carbocycles. The van der Waals surface area contributed by atoms with Crippen molar-refractivity contribution in [2.45, 2.75) is 63.8 Å². The SMILES string of the molecule is O=C(O)C(=O)O.O=c1c(NCCCCCCS(=O)(=O)N(OCCN2CCOCC2)C2CCCCC2)c(Nc2ccncc2)c1=O. The summed E-state index contributed by atoms with van der Waals surface area (Å²) < 4.78 is 33.2. The van der Waals surface area contributed by atoms with E-state index in [4.69, 9.17) is 29.4 Å². The number of hydrogen-bond acceptors (Lipinski definition) is 12. The van der Waals surface area contributed by atoms with Crippen LogP contribution in [0.5, 0.6) is 0 Å². The van der Waals surface area contributed by atoms with Crippen molar-refractivity contribution in [2.24, 2.45) is 0 Å². The van der Waals surface area contributed by atoms with E-state index in [1.54, 1.807) is 24.5 Å². The Kier molecular flexibility index (Phi) is 14.8. The summed E-state index contributed by atoms with van der Waals surface area (Å²) in [6, 6.07) is 3.36. The Bertz CT molecular complexity index is 1370. The molecule has 0 amide bonds. The minimum absolute atomic E-state index is 0.0621. The number of ether oxygens (including phenoxy) is 1. The van der Waals surface area contributed by atoms with Gasteiger partial charge in [0.05, 0.1) is 31.6 Å². The van der Waals surface area contributed by atoms with E-state index < -0.39 is 32.8 Å². The van der Waals surface area contributed by atoms with Crippen LogP contribution in [0.3, 0.4) is 0 Å². The second kappa shape index (κ2) is 18.5. The van der Waals surface area contributed by atoms with Gasteiger partial charge in [-0.3, -0.25) is 24.3 Å². The zero-order valence-corrected chi connectivity index (χ0v) is 26.1. The molecule has 2 aromatic rings. The topological polar surface area (TPSA) is 205 Å². The Labute approximate surface area is 262 Å².